The number of aryl methyl sites for hydroxylation is 4. The van der Waals surface area contributed by atoms with Crippen molar-refractivity contribution >= 4 is 6.01 Å². The molecule has 0 atom stereocenters. The molecular formula is C15H19N5O3. The van der Waals surface area contributed by atoms with Gasteiger partial charge in [0.05, 0.1) is 30.5 Å². The van der Waals surface area contributed by atoms with Crippen LogP contribution in [0.3, 0.4) is 0 Å². The lowest BCUT2D eigenvalue weighted by molar-refractivity contribution is 0.369. The molecule has 8 nitrogen and oxygen atoms in total. The third-order valence-electron chi connectivity index (χ3n) is 3.59. The highest BCUT2D eigenvalue weighted by Gasteiger charge is 2.17. The maximum atomic E-state index is 5.64. The van der Waals surface area contributed by atoms with Crippen LogP contribution >= 0.6 is 0 Å². The van der Waals surface area contributed by atoms with E-state index in [1.807, 2.05) is 33.9 Å². The maximum absolute atomic E-state index is 5.64. The van der Waals surface area contributed by atoms with Gasteiger partial charge in [-0.3, -0.25) is 0 Å². The fraction of sp³-hybridized carbons (Fsp3) is 0.400. The van der Waals surface area contributed by atoms with E-state index in [0.717, 1.165) is 28.3 Å². The van der Waals surface area contributed by atoms with Crippen LogP contribution in [0, 0.1) is 20.8 Å². The van der Waals surface area contributed by atoms with Crippen molar-refractivity contribution in [3.8, 4) is 17.3 Å². The molecule has 0 spiro atoms. The van der Waals surface area contributed by atoms with E-state index in [-0.39, 0.29) is 0 Å². The highest BCUT2D eigenvalue weighted by Crippen LogP contribution is 2.27. The molecule has 8 heteroatoms. The molecule has 0 radical (unpaired) electrons. The third kappa shape index (κ3) is 2.79. The fourth-order valence-electron chi connectivity index (χ4n) is 2.55. The van der Waals surface area contributed by atoms with Crippen LogP contribution in [0.1, 0.15) is 22.8 Å². The Bertz CT molecular complexity index is 830. The molecule has 0 aliphatic rings. The minimum absolute atomic E-state index is 0.337. The summed E-state index contributed by atoms with van der Waals surface area (Å²) in [5.74, 6) is 2.69. The number of hydrogen-bond donors (Lipinski definition) is 1. The van der Waals surface area contributed by atoms with Gasteiger partial charge >= 0.3 is 6.01 Å². The molecular weight excluding hydrogens is 298 g/mol. The van der Waals surface area contributed by atoms with Gasteiger partial charge in [0.15, 0.2) is 0 Å². The number of rotatable bonds is 5. The number of nitrogens with one attached hydrogen (secondary N) is 1. The largest absolute Gasteiger partial charge is 0.481 e. The van der Waals surface area contributed by atoms with Crippen LogP contribution in [0.2, 0.25) is 0 Å². The highest BCUT2D eigenvalue weighted by molar-refractivity contribution is 5.56. The topological polar surface area (TPSA) is 91.1 Å². The zero-order valence-electron chi connectivity index (χ0n) is 13.8. The predicted octanol–water partition coefficient (Wildman–Crippen LogP) is 2.61. The van der Waals surface area contributed by atoms with Gasteiger partial charge in [-0.05, 0) is 26.8 Å². The molecule has 3 rings (SSSR count). The van der Waals surface area contributed by atoms with E-state index >= 15 is 0 Å². The van der Waals surface area contributed by atoms with Crippen molar-refractivity contribution < 1.29 is 13.6 Å². The van der Waals surface area contributed by atoms with E-state index in [0.29, 0.717) is 24.3 Å². The molecule has 122 valence electrons. The number of aromatic nitrogens is 4. The zero-order chi connectivity index (χ0) is 16.6. The second-order valence-electron chi connectivity index (χ2n) is 5.29. The average Bonchev–Trinajstić information content (AvgIpc) is 3.15. The summed E-state index contributed by atoms with van der Waals surface area (Å²) in [6, 6.07) is 2.21. The number of ether oxygens (including phenoxy) is 1. The maximum Gasteiger partial charge on any atom is 0.316 e. The summed E-state index contributed by atoms with van der Waals surface area (Å²) in [5.41, 5.74) is 2.64. The monoisotopic (exact) mass is 317 g/mol. The molecule has 3 aromatic heterocycles. The van der Waals surface area contributed by atoms with Gasteiger partial charge in [0.25, 0.3) is 5.89 Å². The van der Waals surface area contributed by atoms with Crippen LogP contribution < -0.4 is 10.1 Å². The van der Waals surface area contributed by atoms with Gasteiger partial charge in [-0.2, -0.15) is 5.10 Å². The molecule has 0 aliphatic heterocycles. The molecule has 0 aliphatic carbocycles. The second-order valence-corrected chi connectivity index (χ2v) is 5.29. The Morgan fingerprint density at radius 1 is 1.22 bits per heavy atom. The summed E-state index contributed by atoms with van der Waals surface area (Å²) in [4.78, 5) is 0. The Morgan fingerprint density at radius 2 is 2.00 bits per heavy atom. The van der Waals surface area contributed by atoms with Crippen molar-refractivity contribution in [2.45, 2.75) is 27.3 Å². The van der Waals surface area contributed by atoms with Gasteiger partial charge in [0.1, 0.15) is 11.5 Å². The van der Waals surface area contributed by atoms with Gasteiger partial charge in [0.2, 0.25) is 5.88 Å². The van der Waals surface area contributed by atoms with Crippen LogP contribution in [0.25, 0.3) is 11.5 Å². The van der Waals surface area contributed by atoms with Crippen molar-refractivity contribution in [2.75, 3.05) is 12.4 Å². The first kappa shape index (κ1) is 15.1. The van der Waals surface area contributed by atoms with Crippen LogP contribution in [0.4, 0.5) is 6.01 Å². The van der Waals surface area contributed by atoms with E-state index in [4.69, 9.17) is 13.6 Å². The highest BCUT2D eigenvalue weighted by atomic mass is 16.5. The van der Waals surface area contributed by atoms with Crippen LogP contribution in [-0.4, -0.2) is 27.1 Å². The van der Waals surface area contributed by atoms with Crippen molar-refractivity contribution in [3.63, 3.8) is 0 Å². The minimum Gasteiger partial charge on any atom is -0.481 e. The Balaban J connectivity index is 1.77. The van der Waals surface area contributed by atoms with Gasteiger partial charge in [-0.25, -0.2) is 4.68 Å². The van der Waals surface area contributed by atoms with Gasteiger partial charge in [0, 0.05) is 7.05 Å². The SMILES string of the molecule is COc1c(CNc2nnc(-c3cc(C)oc3C)o2)c(C)nn1C. The smallest absolute Gasteiger partial charge is 0.316 e. The molecule has 0 unspecified atom stereocenters. The summed E-state index contributed by atoms with van der Waals surface area (Å²) in [7, 11) is 3.46. The number of hydrogen-bond acceptors (Lipinski definition) is 7. The second kappa shape index (κ2) is 5.79. The lowest BCUT2D eigenvalue weighted by Gasteiger charge is -2.04. The lowest BCUT2D eigenvalue weighted by atomic mass is 10.2. The summed E-state index contributed by atoms with van der Waals surface area (Å²) in [6.07, 6.45) is 0. The van der Waals surface area contributed by atoms with E-state index in [2.05, 4.69) is 20.6 Å². The predicted molar refractivity (Wildman–Crippen MR) is 83.3 cm³/mol. The molecule has 0 saturated heterocycles. The quantitative estimate of drug-likeness (QED) is 0.773. The van der Waals surface area contributed by atoms with E-state index in [9.17, 15) is 0 Å². The van der Waals surface area contributed by atoms with E-state index in [1.54, 1.807) is 11.8 Å². The number of nitrogens with zero attached hydrogens (tertiary/aromatic N) is 4. The first-order valence-corrected chi connectivity index (χ1v) is 7.20. The molecule has 1 N–H and O–H groups in total. The first-order chi connectivity index (χ1) is 11.0. The van der Waals surface area contributed by atoms with E-state index < -0.39 is 0 Å². The molecule has 0 amide bonds. The summed E-state index contributed by atoms with van der Waals surface area (Å²) in [5, 5.41) is 15.5. The van der Waals surface area contributed by atoms with Gasteiger partial charge in [-0.15, -0.1) is 5.10 Å². The molecule has 0 saturated carbocycles. The third-order valence-corrected chi connectivity index (χ3v) is 3.59. The lowest BCUT2D eigenvalue weighted by Crippen LogP contribution is -2.03. The summed E-state index contributed by atoms with van der Waals surface area (Å²) in [6.45, 7) is 6.15. The average molecular weight is 317 g/mol. The molecule has 0 bridgehead atoms. The van der Waals surface area contributed by atoms with Gasteiger partial charge in [-0.1, -0.05) is 5.10 Å². The van der Waals surface area contributed by atoms with Crippen LogP contribution in [-0.2, 0) is 13.6 Å². The Hall–Kier alpha value is -2.77. The fourth-order valence-corrected chi connectivity index (χ4v) is 2.55. The van der Waals surface area contributed by atoms with Gasteiger partial charge < -0.3 is 18.9 Å². The molecule has 3 heterocycles. The molecule has 0 aromatic carbocycles. The molecule has 0 fully saturated rings. The zero-order valence-corrected chi connectivity index (χ0v) is 13.8. The normalized spacial score (nSPS) is 11.0. The van der Waals surface area contributed by atoms with Crippen molar-refractivity contribution in [1.82, 2.24) is 20.0 Å². The Morgan fingerprint density at radius 3 is 2.65 bits per heavy atom. The minimum atomic E-state index is 0.337. The number of anilines is 1. The van der Waals surface area contributed by atoms with E-state index in [1.165, 1.54) is 0 Å². The first-order valence-electron chi connectivity index (χ1n) is 7.20. The summed E-state index contributed by atoms with van der Waals surface area (Å²) >= 11 is 0. The Labute approximate surface area is 133 Å². The van der Waals surface area contributed by atoms with Crippen LogP contribution in [0.15, 0.2) is 14.9 Å². The standard InChI is InChI=1S/C15H19N5O3/c1-8-6-11(10(3)22-8)13-17-18-15(23-13)16-7-12-9(2)19-20(4)14(12)21-5/h6H,7H2,1-5H3,(H,16,18). The Kier molecular flexibility index (Phi) is 3.81. The number of furan rings is 1. The molecule has 3 aromatic rings. The van der Waals surface area contributed by atoms with Crippen molar-refractivity contribution in [3.05, 3.63) is 28.8 Å². The van der Waals surface area contributed by atoms with Crippen molar-refractivity contribution in [1.29, 1.82) is 0 Å². The van der Waals surface area contributed by atoms with Crippen LogP contribution in [0.5, 0.6) is 5.88 Å². The summed E-state index contributed by atoms with van der Waals surface area (Å²) < 4.78 is 18.2. The van der Waals surface area contributed by atoms with Crippen molar-refractivity contribution in [2.24, 2.45) is 7.05 Å². The number of methoxy groups -OCH3 is 1. The molecule has 23 heavy (non-hydrogen) atoms.